The van der Waals surface area contributed by atoms with Crippen LogP contribution in [0.25, 0.3) is 0 Å². The number of carbonyl (C=O) groups is 1. The fraction of sp³-hybridized carbons (Fsp3) is 0.542. The SMILES string of the molecule is CCc1cnc(N2CCC(N3CCC[C@H](N(C)c4ccc(S(C)(=O)=O)cc4F)C3=O)CC2)nc1. The number of hydrogen-bond donors (Lipinski definition) is 0. The number of hydrogen-bond acceptors (Lipinski definition) is 7. The zero-order valence-electron chi connectivity index (χ0n) is 19.9. The van der Waals surface area contributed by atoms with Gasteiger partial charge in [0, 0.05) is 51.4 Å². The number of likely N-dealkylation sites (tertiary alicyclic amines) is 1. The van der Waals surface area contributed by atoms with Crippen LogP contribution in [0.3, 0.4) is 0 Å². The molecule has 1 atom stereocenters. The molecule has 0 spiro atoms. The van der Waals surface area contributed by atoms with Crippen molar-refractivity contribution >= 4 is 27.4 Å². The number of halogens is 1. The van der Waals surface area contributed by atoms with Crippen molar-refractivity contribution in [3.8, 4) is 0 Å². The van der Waals surface area contributed by atoms with Gasteiger partial charge in [0.25, 0.3) is 0 Å². The van der Waals surface area contributed by atoms with E-state index in [0.29, 0.717) is 13.0 Å². The Bertz CT molecular complexity index is 1130. The summed E-state index contributed by atoms with van der Waals surface area (Å²) in [6, 6.07) is 3.51. The molecule has 0 bridgehead atoms. The first-order chi connectivity index (χ1) is 16.2. The van der Waals surface area contributed by atoms with Gasteiger partial charge in [-0.1, -0.05) is 6.92 Å². The highest BCUT2D eigenvalue weighted by Crippen LogP contribution is 2.29. The number of anilines is 2. The molecule has 2 aliphatic heterocycles. The molecule has 0 unspecified atom stereocenters. The van der Waals surface area contributed by atoms with Crippen molar-refractivity contribution in [2.24, 2.45) is 0 Å². The number of amides is 1. The molecule has 184 valence electrons. The van der Waals surface area contributed by atoms with Crippen LogP contribution in [-0.2, 0) is 21.1 Å². The molecule has 3 heterocycles. The zero-order chi connectivity index (χ0) is 24.5. The lowest BCUT2D eigenvalue weighted by molar-refractivity contribution is -0.138. The molecular weight excluding hydrogens is 457 g/mol. The van der Waals surface area contributed by atoms with E-state index in [-0.39, 0.29) is 22.5 Å². The molecule has 0 saturated carbocycles. The third-order valence-electron chi connectivity index (χ3n) is 6.93. The fourth-order valence-electron chi connectivity index (χ4n) is 4.85. The van der Waals surface area contributed by atoms with Crippen LogP contribution >= 0.6 is 0 Å². The van der Waals surface area contributed by atoms with Gasteiger partial charge < -0.3 is 14.7 Å². The first-order valence-electron chi connectivity index (χ1n) is 11.8. The van der Waals surface area contributed by atoms with Crippen LogP contribution in [0.15, 0.2) is 35.5 Å². The van der Waals surface area contributed by atoms with Crippen molar-refractivity contribution in [3.05, 3.63) is 42.0 Å². The molecule has 8 nitrogen and oxygen atoms in total. The summed E-state index contributed by atoms with van der Waals surface area (Å²) in [5, 5.41) is 0. The largest absolute Gasteiger partial charge is 0.360 e. The molecule has 0 N–H and O–H groups in total. The lowest BCUT2D eigenvalue weighted by Gasteiger charge is -2.44. The van der Waals surface area contributed by atoms with Crippen LogP contribution in [0.2, 0.25) is 0 Å². The molecule has 2 aromatic rings. The standard InChI is InChI=1S/C24H32FN5O3S/c1-4-17-15-26-24(27-16-17)29-12-9-18(10-13-29)30-11-5-6-22(23(30)31)28(2)21-8-7-19(14-20(21)25)34(3,32)33/h7-8,14-16,18,22H,4-6,9-13H2,1-3H3/t22-/m0/s1. The monoisotopic (exact) mass is 489 g/mol. The second-order valence-electron chi connectivity index (χ2n) is 9.15. The minimum absolute atomic E-state index is 0.00217. The Labute approximate surface area is 200 Å². The van der Waals surface area contributed by atoms with E-state index >= 15 is 0 Å². The maximum atomic E-state index is 14.8. The predicted octanol–water partition coefficient (Wildman–Crippen LogP) is 2.68. The van der Waals surface area contributed by atoms with E-state index in [9.17, 15) is 17.6 Å². The number of benzene rings is 1. The maximum Gasteiger partial charge on any atom is 0.245 e. The van der Waals surface area contributed by atoms with E-state index < -0.39 is 21.7 Å². The summed E-state index contributed by atoms with van der Waals surface area (Å²) in [5.41, 5.74) is 1.34. The highest BCUT2D eigenvalue weighted by Gasteiger charge is 2.37. The summed E-state index contributed by atoms with van der Waals surface area (Å²) in [6.07, 6.45) is 8.82. The Morgan fingerprint density at radius 2 is 1.79 bits per heavy atom. The van der Waals surface area contributed by atoms with Crippen LogP contribution in [0, 0.1) is 5.82 Å². The Kier molecular flexibility index (Phi) is 7.06. The smallest absolute Gasteiger partial charge is 0.245 e. The topological polar surface area (TPSA) is 86.7 Å². The molecule has 2 saturated heterocycles. The predicted molar refractivity (Wildman–Crippen MR) is 129 cm³/mol. The van der Waals surface area contributed by atoms with E-state index in [0.717, 1.165) is 62.6 Å². The number of rotatable bonds is 6. The van der Waals surface area contributed by atoms with E-state index in [1.807, 2.05) is 17.3 Å². The van der Waals surface area contributed by atoms with Gasteiger partial charge in [0.1, 0.15) is 11.9 Å². The number of piperidine rings is 2. The zero-order valence-corrected chi connectivity index (χ0v) is 20.8. The van der Waals surface area contributed by atoms with Crippen LogP contribution in [0.1, 0.15) is 38.2 Å². The minimum Gasteiger partial charge on any atom is -0.360 e. The second-order valence-corrected chi connectivity index (χ2v) is 11.2. The molecule has 0 aliphatic carbocycles. The van der Waals surface area contributed by atoms with Crippen molar-refractivity contribution in [2.75, 3.05) is 42.7 Å². The molecule has 4 rings (SSSR count). The summed E-state index contributed by atoms with van der Waals surface area (Å²) in [5.74, 6) is 0.0892. The van der Waals surface area contributed by atoms with Gasteiger partial charge in [0.2, 0.25) is 11.9 Å². The highest BCUT2D eigenvalue weighted by atomic mass is 32.2. The second kappa shape index (κ2) is 9.85. The molecule has 0 radical (unpaired) electrons. The Balaban J connectivity index is 1.42. The van der Waals surface area contributed by atoms with Gasteiger partial charge in [0.15, 0.2) is 9.84 Å². The van der Waals surface area contributed by atoms with Crippen LogP contribution in [0.5, 0.6) is 0 Å². The number of likely N-dealkylation sites (N-methyl/N-ethyl adjacent to an activating group) is 1. The Hall–Kier alpha value is -2.75. The molecule has 34 heavy (non-hydrogen) atoms. The van der Waals surface area contributed by atoms with Gasteiger partial charge in [-0.3, -0.25) is 4.79 Å². The van der Waals surface area contributed by atoms with E-state index in [1.165, 1.54) is 12.1 Å². The number of sulfone groups is 1. The van der Waals surface area contributed by atoms with Gasteiger partial charge in [-0.15, -0.1) is 0 Å². The van der Waals surface area contributed by atoms with E-state index in [2.05, 4.69) is 21.8 Å². The molecule has 2 fully saturated rings. The normalized spacial score (nSPS) is 20.0. The summed E-state index contributed by atoms with van der Waals surface area (Å²) in [7, 11) is -1.80. The number of nitrogens with zero attached hydrogens (tertiary/aromatic N) is 5. The van der Waals surface area contributed by atoms with Gasteiger partial charge in [0.05, 0.1) is 10.6 Å². The maximum absolute atomic E-state index is 14.8. The quantitative estimate of drug-likeness (QED) is 0.617. The van der Waals surface area contributed by atoms with Crippen LogP contribution in [-0.4, -0.2) is 74.2 Å². The first-order valence-corrected chi connectivity index (χ1v) is 13.7. The summed E-state index contributed by atoms with van der Waals surface area (Å²) >= 11 is 0. The van der Waals surface area contributed by atoms with E-state index in [4.69, 9.17) is 0 Å². The molecule has 1 aromatic carbocycles. The number of aryl methyl sites for hydroxylation is 1. The first kappa shape index (κ1) is 24.4. The van der Waals surface area contributed by atoms with Gasteiger partial charge >= 0.3 is 0 Å². The van der Waals surface area contributed by atoms with E-state index in [1.54, 1.807) is 11.9 Å². The molecule has 1 amide bonds. The average Bonchev–Trinajstić information content (AvgIpc) is 2.83. The van der Waals surface area contributed by atoms with Gasteiger partial charge in [-0.2, -0.15) is 0 Å². The van der Waals surface area contributed by atoms with Gasteiger partial charge in [-0.05, 0) is 55.9 Å². The molecule has 10 heteroatoms. The molecular formula is C24H32FN5O3S. The van der Waals surface area contributed by atoms with Crippen molar-refractivity contribution in [3.63, 3.8) is 0 Å². The Morgan fingerprint density at radius 3 is 2.38 bits per heavy atom. The minimum atomic E-state index is -3.50. The molecule has 2 aliphatic rings. The summed E-state index contributed by atoms with van der Waals surface area (Å²) in [4.78, 5) is 28.1. The number of carbonyl (C=O) groups excluding carboxylic acids is 1. The highest BCUT2D eigenvalue weighted by molar-refractivity contribution is 7.90. The van der Waals surface area contributed by atoms with Crippen molar-refractivity contribution in [1.29, 1.82) is 0 Å². The van der Waals surface area contributed by atoms with Crippen molar-refractivity contribution in [2.45, 2.75) is 56.0 Å². The fourth-order valence-corrected chi connectivity index (χ4v) is 5.48. The lowest BCUT2D eigenvalue weighted by atomic mass is 9.96. The third-order valence-corrected chi connectivity index (χ3v) is 8.04. The molecule has 1 aromatic heterocycles. The van der Waals surface area contributed by atoms with Crippen LogP contribution in [0.4, 0.5) is 16.0 Å². The third kappa shape index (κ3) is 5.01. The van der Waals surface area contributed by atoms with Crippen molar-refractivity contribution in [1.82, 2.24) is 14.9 Å². The van der Waals surface area contributed by atoms with Crippen LogP contribution < -0.4 is 9.80 Å². The van der Waals surface area contributed by atoms with Gasteiger partial charge in [-0.25, -0.2) is 22.8 Å². The Morgan fingerprint density at radius 1 is 1.12 bits per heavy atom. The average molecular weight is 490 g/mol. The summed E-state index contributed by atoms with van der Waals surface area (Å²) < 4.78 is 38.2. The van der Waals surface area contributed by atoms with Crippen molar-refractivity contribution < 1.29 is 17.6 Å². The summed E-state index contributed by atoms with van der Waals surface area (Å²) in [6.45, 7) is 4.33. The number of aromatic nitrogens is 2. The lowest BCUT2D eigenvalue weighted by Crippen LogP contribution is -2.57.